The van der Waals surface area contributed by atoms with Crippen molar-refractivity contribution in [1.29, 1.82) is 0 Å². The van der Waals surface area contributed by atoms with Gasteiger partial charge in [-0.15, -0.1) is 0 Å². The van der Waals surface area contributed by atoms with E-state index >= 15 is 0 Å². The number of nitrogens with zero attached hydrogens (tertiary/aromatic N) is 2. The first-order valence-corrected chi connectivity index (χ1v) is 11.9. The molecule has 174 valence electrons. The summed E-state index contributed by atoms with van der Waals surface area (Å²) in [6.45, 7) is 8.12. The average molecular weight is 442 g/mol. The molecule has 0 spiro atoms. The molecule has 1 saturated carbocycles. The molecule has 1 N–H and O–H groups in total. The molecule has 4 rings (SSSR count). The molecular formula is C25H35N3O4. The van der Waals surface area contributed by atoms with E-state index in [0.717, 1.165) is 25.0 Å². The van der Waals surface area contributed by atoms with Gasteiger partial charge >= 0.3 is 0 Å². The molecular weight excluding hydrogens is 406 g/mol. The molecule has 2 amide bonds. The van der Waals surface area contributed by atoms with Crippen molar-refractivity contribution in [1.82, 2.24) is 14.8 Å². The second kappa shape index (κ2) is 9.53. The summed E-state index contributed by atoms with van der Waals surface area (Å²) in [5, 5.41) is 3.31. The van der Waals surface area contributed by atoms with Crippen molar-refractivity contribution >= 4 is 11.8 Å². The van der Waals surface area contributed by atoms with Gasteiger partial charge in [0.15, 0.2) is 0 Å². The van der Waals surface area contributed by atoms with E-state index in [-0.39, 0.29) is 17.9 Å². The molecule has 3 heterocycles. The Balaban J connectivity index is 1.64. The van der Waals surface area contributed by atoms with Gasteiger partial charge in [0.1, 0.15) is 17.0 Å². The Morgan fingerprint density at radius 2 is 2.03 bits per heavy atom. The highest BCUT2D eigenvalue weighted by Gasteiger charge is 2.48. The van der Waals surface area contributed by atoms with E-state index in [9.17, 15) is 9.59 Å². The number of nitrogens with one attached hydrogen (secondary N) is 1. The minimum absolute atomic E-state index is 0.0780. The van der Waals surface area contributed by atoms with Gasteiger partial charge in [-0.3, -0.25) is 9.59 Å². The van der Waals surface area contributed by atoms with E-state index in [1.807, 2.05) is 42.7 Å². The molecule has 2 aromatic rings. The van der Waals surface area contributed by atoms with E-state index in [2.05, 4.69) is 12.2 Å². The van der Waals surface area contributed by atoms with Crippen LogP contribution in [0.5, 0.6) is 0 Å². The zero-order chi connectivity index (χ0) is 22.7. The second-order valence-electron chi connectivity index (χ2n) is 9.29. The standard InChI is InChI=1S/C25H35N3O4/c1-4-31-15-8-14-28-23(29)21-13-12-20(22-11-7-16-32-22)27(21)17-25(28,3)24(30)26-19-10-6-5-9-18(19)2/h7,11-13,16,18-19H,4-6,8-10,14-15,17H2,1-3H3,(H,26,30)/t18-,19+,25-/m1/s1. The molecule has 7 nitrogen and oxygen atoms in total. The zero-order valence-corrected chi connectivity index (χ0v) is 19.4. The van der Waals surface area contributed by atoms with Crippen LogP contribution in [0, 0.1) is 5.92 Å². The van der Waals surface area contributed by atoms with E-state index in [4.69, 9.17) is 9.15 Å². The molecule has 1 aliphatic carbocycles. The molecule has 0 aromatic carbocycles. The minimum Gasteiger partial charge on any atom is -0.463 e. The third-order valence-electron chi connectivity index (χ3n) is 7.07. The molecule has 0 bridgehead atoms. The number of amides is 2. The first kappa shape index (κ1) is 22.6. The summed E-state index contributed by atoms with van der Waals surface area (Å²) in [7, 11) is 0. The lowest BCUT2D eigenvalue weighted by Gasteiger charge is -2.45. The molecule has 0 radical (unpaired) electrons. The number of hydrogen-bond acceptors (Lipinski definition) is 4. The summed E-state index contributed by atoms with van der Waals surface area (Å²) < 4.78 is 13.0. The van der Waals surface area contributed by atoms with Crippen LogP contribution in [0.25, 0.3) is 11.5 Å². The van der Waals surface area contributed by atoms with Gasteiger partial charge in [-0.2, -0.15) is 0 Å². The Hall–Kier alpha value is -2.54. The van der Waals surface area contributed by atoms with Gasteiger partial charge in [0.05, 0.1) is 18.5 Å². The highest BCUT2D eigenvalue weighted by Crippen LogP contribution is 2.34. The monoisotopic (exact) mass is 441 g/mol. The number of carbonyl (C=O) groups excluding carboxylic acids is 2. The number of fused-ring (bicyclic) bond motifs is 1. The highest BCUT2D eigenvalue weighted by molar-refractivity contribution is 6.00. The van der Waals surface area contributed by atoms with Crippen LogP contribution in [0.1, 0.15) is 63.4 Å². The lowest BCUT2D eigenvalue weighted by molar-refractivity contribution is -0.134. The summed E-state index contributed by atoms with van der Waals surface area (Å²) in [5.74, 6) is 0.936. The highest BCUT2D eigenvalue weighted by atomic mass is 16.5. The maximum atomic E-state index is 13.7. The first-order chi connectivity index (χ1) is 15.5. The van der Waals surface area contributed by atoms with Crippen molar-refractivity contribution in [3.8, 4) is 11.5 Å². The summed E-state index contributed by atoms with van der Waals surface area (Å²) in [6, 6.07) is 7.59. The third-order valence-corrected chi connectivity index (χ3v) is 7.07. The molecule has 1 fully saturated rings. The van der Waals surface area contributed by atoms with E-state index in [1.165, 1.54) is 6.42 Å². The molecule has 1 aliphatic heterocycles. The van der Waals surface area contributed by atoms with E-state index in [0.29, 0.717) is 50.1 Å². The molecule has 7 heteroatoms. The van der Waals surface area contributed by atoms with Crippen molar-refractivity contribution in [3.63, 3.8) is 0 Å². The van der Waals surface area contributed by atoms with Gasteiger partial charge in [-0.05, 0) is 63.3 Å². The minimum atomic E-state index is -0.992. The number of carbonyl (C=O) groups is 2. The molecule has 0 unspecified atom stereocenters. The molecule has 3 atom stereocenters. The molecule has 32 heavy (non-hydrogen) atoms. The molecule has 2 aliphatic rings. The quantitative estimate of drug-likeness (QED) is 0.626. The predicted octanol–water partition coefficient (Wildman–Crippen LogP) is 4.08. The SMILES string of the molecule is CCOCCCN1C(=O)c2ccc(-c3ccco3)n2C[C@]1(C)C(=O)N[C@H]1CCCC[C@H]1C. The fourth-order valence-electron chi connectivity index (χ4n) is 5.09. The Bertz CT molecular complexity index is 935. The Kier molecular flexibility index (Phi) is 6.74. The fraction of sp³-hybridized carbons (Fsp3) is 0.600. The van der Waals surface area contributed by atoms with Crippen molar-refractivity contribution in [2.24, 2.45) is 5.92 Å². The maximum Gasteiger partial charge on any atom is 0.271 e. The number of rotatable bonds is 8. The first-order valence-electron chi connectivity index (χ1n) is 11.9. The van der Waals surface area contributed by atoms with Crippen LogP contribution in [-0.2, 0) is 16.1 Å². The Morgan fingerprint density at radius 1 is 1.25 bits per heavy atom. The number of ether oxygens (including phenoxy) is 1. The third kappa shape index (κ3) is 4.22. The van der Waals surface area contributed by atoms with Crippen LogP contribution >= 0.6 is 0 Å². The smallest absolute Gasteiger partial charge is 0.271 e. The largest absolute Gasteiger partial charge is 0.463 e. The maximum absolute atomic E-state index is 13.7. The van der Waals surface area contributed by atoms with E-state index in [1.54, 1.807) is 11.2 Å². The summed E-state index contributed by atoms with van der Waals surface area (Å²) in [5.41, 5.74) is 0.412. The van der Waals surface area contributed by atoms with Crippen LogP contribution in [0.2, 0.25) is 0 Å². The van der Waals surface area contributed by atoms with Crippen LogP contribution in [0.4, 0.5) is 0 Å². The number of furan rings is 1. The van der Waals surface area contributed by atoms with Gasteiger partial charge in [0, 0.05) is 25.8 Å². The zero-order valence-electron chi connectivity index (χ0n) is 19.4. The lowest BCUT2D eigenvalue weighted by atomic mass is 9.85. The number of aromatic nitrogens is 1. The van der Waals surface area contributed by atoms with Crippen LogP contribution in [0.15, 0.2) is 34.9 Å². The van der Waals surface area contributed by atoms with Crippen LogP contribution in [0.3, 0.4) is 0 Å². The molecule has 0 saturated heterocycles. The van der Waals surface area contributed by atoms with E-state index < -0.39 is 5.54 Å². The van der Waals surface area contributed by atoms with Crippen molar-refractivity contribution in [2.45, 2.75) is 71.0 Å². The summed E-state index contributed by atoms with van der Waals surface area (Å²) in [6.07, 6.45) is 6.78. The fourth-order valence-corrected chi connectivity index (χ4v) is 5.09. The van der Waals surface area contributed by atoms with Gasteiger partial charge < -0.3 is 23.9 Å². The summed E-state index contributed by atoms with van der Waals surface area (Å²) >= 11 is 0. The Morgan fingerprint density at radius 3 is 2.75 bits per heavy atom. The lowest BCUT2D eigenvalue weighted by Crippen LogP contribution is -2.65. The summed E-state index contributed by atoms with van der Waals surface area (Å²) in [4.78, 5) is 29.1. The van der Waals surface area contributed by atoms with Crippen molar-refractivity contribution in [3.05, 3.63) is 36.2 Å². The molecule has 2 aromatic heterocycles. The van der Waals surface area contributed by atoms with Crippen molar-refractivity contribution in [2.75, 3.05) is 19.8 Å². The normalized spacial score (nSPS) is 25.6. The van der Waals surface area contributed by atoms with Crippen molar-refractivity contribution < 1.29 is 18.7 Å². The topological polar surface area (TPSA) is 76.7 Å². The average Bonchev–Trinajstić information content (AvgIpc) is 3.44. The van der Waals surface area contributed by atoms with Gasteiger partial charge in [-0.25, -0.2) is 0 Å². The van der Waals surface area contributed by atoms with Crippen LogP contribution < -0.4 is 5.32 Å². The van der Waals surface area contributed by atoms with Crippen LogP contribution in [-0.4, -0.2) is 52.6 Å². The number of hydrogen-bond donors (Lipinski definition) is 1. The van der Waals surface area contributed by atoms with Gasteiger partial charge in [0.2, 0.25) is 5.91 Å². The Labute approximate surface area is 190 Å². The predicted molar refractivity (Wildman–Crippen MR) is 122 cm³/mol. The van der Waals surface area contributed by atoms with Gasteiger partial charge in [-0.1, -0.05) is 19.8 Å². The second-order valence-corrected chi connectivity index (χ2v) is 9.29. The van der Waals surface area contributed by atoms with Gasteiger partial charge in [0.25, 0.3) is 5.91 Å².